The molecule has 0 aromatic rings. The van der Waals surface area contributed by atoms with Gasteiger partial charge in [0.2, 0.25) is 0 Å². The molecule has 12 nitrogen and oxygen atoms in total. The van der Waals surface area contributed by atoms with Gasteiger partial charge in [0, 0.05) is 43.3 Å². The van der Waals surface area contributed by atoms with Gasteiger partial charge >= 0.3 is 16.4 Å². The molecular weight excluding hydrogens is 426 g/mol. The first-order valence-corrected chi connectivity index (χ1v) is 12.1. The first kappa shape index (κ1) is 21.1. The number of fused-ring (bicyclic) bond motifs is 2. The van der Waals surface area contributed by atoms with Crippen LogP contribution in [0.15, 0.2) is 0 Å². The summed E-state index contributed by atoms with van der Waals surface area (Å²) in [7, 11) is -4.81. The van der Waals surface area contributed by atoms with Crippen molar-refractivity contribution in [1.82, 2.24) is 25.7 Å². The van der Waals surface area contributed by atoms with E-state index < -0.39 is 34.4 Å². The summed E-state index contributed by atoms with van der Waals surface area (Å²) in [6.07, 6.45) is 1.66. The first-order valence-electron chi connectivity index (χ1n) is 9.55. The number of carbonyl (C=O) groups is 2. The maximum absolute atomic E-state index is 12.5. The van der Waals surface area contributed by atoms with Crippen LogP contribution in [0.5, 0.6) is 0 Å². The molecule has 4 aliphatic heterocycles. The third kappa shape index (κ3) is 4.78. The molecule has 0 radical (unpaired) electrons. The molecule has 3 N–H and O–H groups in total. The summed E-state index contributed by atoms with van der Waals surface area (Å²) in [6, 6.07) is -1.44. The van der Waals surface area contributed by atoms with E-state index in [9.17, 15) is 18.0 Å². The minimum atomic E-state index is -4.81. The molecule has 4 saturated heterocycles. The molecule has 4 aliphatic rings. The largest absolute Gasteiger partial charge is 0.418 e. The van der Waals surface area contributed by atoms with Crippen molar-refractivity contribution in [3.63, 3.8) is 0 Å². The van der Waals surface area contributed by atoms with E-state index in [0.717, 1.165) is 31.1 Å². The van der Waals surface area contributed by atoms with Crippen molar-refractivity contribution in [3.8, 4) is 0 Å². The lowest BCUT2D eigenvalue weighted by Crippen LogP contribution is -2.50. The topological polar surface area (TPSA) is 141 Å². The molecule has 0 spiro atoms. The van der Waals surface area contributed by atoms with Gasteiger partial charge in [0.25, 0.3) is 5.91 Å². The van der Waals surface area contributed by atoms with Crippen LogP contribution < -0.4 is 10.8 Å². The average molecular weight is 452 g/mol. The number of nitrogens with one attached hydrogen (secondary N) is 2. The fourth-order valence-electron chi connectivity index (χ4n) is 4.30. The Kier molecular flexibility index (Phi) is 6.20. The summed E-state index contributed by atoms with van der Waals surface area (Å²) in [4.78, 5) is 33.9. The lowest BCUT2D eigenvalue weighted by Gasteiger charge is -2.29. The first-order chi connectivity index (χ1) is 13.8. The maximum Gasteiger partial charge on any atom is 0.418 e. The Balaban J connectivity index is 1.23. The van der Waals surface area contributed by atoms with E-state index in [-0.39, 0.29) is 12.6 Å². The van der Waals surface area contributed by atoms with Gasteiger partial charge in [-0.1, -0.05) is 0 Å². The van der Waals surface area contributed by atoms with Gasteiger partial charge in [-0.3, -0.25) is 19.1 Å². The standard InChI is InChI=1S/C15H25N5O7S2/c21-14(17-26-8-10-5-12(6-16-10)18-3-4-28-9-18)13-2-1-11-7-19(13)15(22)20(11)27-29(23,24)25/h10-13,16H,1-9H2,(H,17,21)(H,23,24,25)/t10-,11?,12+,13?/m1/s1. The number of piperidine rings is 1. The number of rotatable bonds is 7. The van der Waals surface area contributed by atoms with Gasteiger partial charge in [0.1, 0.15) is 6.04 Å². The highest BCUT2D eigenvalue weighted by Gasteiger charge is 2.49. The fraction of sp³-hybridized carbons (Fsp3) is 0.867. The number of nitrogens with zero attached hydrogens (tertiary/aromatic N) is 3. The summed E-state index contributed by atoms with van der Waals surface area (Å²) in [6.45, 7) is 2.47. The Morgan fingerprint density at radius 1 is 1.34 bits per heavy atom. The van der Waals surface area contributed by atoms with Crippen molar-refractivity contribution in [2.75, 3.05) is 37.9 Å². The smallest absolute Gasteiger partial charge is 0.310 e. The molecule has 0 aromatic carbocycles. The minimum absolute atomic E-state index is 0.145. The van der Waals surface area contributed by atoms with Crippen LogP contribution in [0.25, 0.3) is 0 Å². The van der Waals surface area contributed by atoms with Gasteiger partial charge < -0.3 is 10.2 Å². The van der Waals surface area contributed by atoms with Gasteiger partial charge in [-0.25, -0.2) is 10.3 Å². The zero-order valence-corrected chi connectivity index (χ0v) is 17.4. The van der Waals surface area contributed by atoms with Gasteiger partial charge in [0.15, 0.2) is 0 Å². The Morgan fingerprint density at radius 3 is 2.90 bits per heavy atom. The average Bonchev–Trinajstić information content (AvgIpc) is 3.39. The molecular formula is C15H25N5O7S2. The van der Waals surface area contributed by atoms with Crippen LogP contribution in [0.3, 0.4) is 0 Å². The molecule has 3 amide bonds. The summed E-state index contributed by atoms with van der Waals surface area (Å²) < 4.78 is 35.0. The lowest BCUT2D eigenvalue weighted by atomic mass is 10.0. The predicted molar refractivity (Wildman–Crippen MR) is 102 cm³/mol. The van der Waals surface area contributed by atoms with Crippen LogP contribution in [0.1, 0.15) is 19.3 Å². The molecule has 0 aliphatic carbocycles. The number of urea groups is 1. The van der Waals surface area contributed by atoms with Crippen LogP contribution in [-0.4, -0.2) is 102 Å². The SMILES string of the molecule is O=C(NOC[C@H]1C[C@H](N2CCSC2)CN1)C1CCC2CN1C(=O)N2OS(=O)(=O)O. The van der Waals surface area contributed by atoms with E-state index >= 15 is 0 Å². The third-order valence-corrected chi connectivity index (χ3v) is 7.09. The van der Waals surface area contributed by atoms with Crippen LogP contribution in [-0.2, 0) is 24.3 Å². The van der Waals surface area contributed by atoms with Crippen molar-refractivity contribution in [2.24, 2.45) is 0 Å². The summed E-state index contributed by atoms with van der Waals surface area (Å²) in [5, 5.41) is 4.02. The molecule has 2 unspecified atom stereocenters. The Hall–Kier alpha value is -1.16. The highest BCUT2D eigenvalue weighted by Crippen LogP contribution is 2.30. The van der Waals surface area contributed by atoms with Crippen LogP contribution in [0.4, 0.5) is 4.79 Å². The lowest BCUT2D eigenvalue weighted by molar-refractivity contribution is -0.139. The molecule has 29 heavy (non-hydrogen) atoms. The van der Waals surface area contributed by atoms with E-state index in [2.05, 4.69) is 20.0 Å². The molecule has 4 rings (SSSR count). The molecule has 0 saturated carbocycles. The van der Waals surface area contributed by atoms with Gasteiger partial charge in [0.05, 0.1) is 12.6 Å². The number of hydroxylamine groups is 3. The summed E-state index contributed by atoms with van der Waals surface area (Å²) in [5.41, 5.74) is 2.41. The molecule has 164 valence electrons. The highest BCUT2D eigenvalue weighted by molar-refractivity contribution is 7.99. The van der Waals surface area contributed by atoms with E-state index in [4.69, 9.17) is 9.39 Å². The van der Waals surface area contributed by atoms with E-state index in [0.29, 0.717) is 30.6 Å². The van der Waals surface area contributed by atoms with Crippen LogP contribution >= 0.6 is 11.8 Å². The van der Waals surface area contributed by atoms with E-state index in [1.807, 2.05) is 11.8 Å². The van der Waals surface area contributed by atoms with Crippen LogP contribution in [0.2, 0.25) is 0 Å². The molecule has 14 heteroatoms. The fourth-order valence-corrected chi connectivity index (χ4v) is 5.76. The normalized spacial score (nSPS) is 32.9. The van der Waals surface area contributed by atoms with E-state index in [1.54, 1.807) is 0 Å². The quantitative estimate of drug-likeness (QED) is 0.318. The predicted octanol–water partition coefficient (Wildman–Crippen LogP) is -1.23. The molecule has 4 fully saturated rings. The Labute approximate surface area is 173 Å². The minimum Gasteiger partial charge on any atom is -0.310 e. The van der Waals surface area contributed by atoms with Crippen molar-refractivity contribution in [3.05, 3.63) is 0 Å². The number of carbonyl (C=O) groups excluding carboxylic acids is 2. The highest BCUT2D eigenvalue weighted by atomic mass is 32.3. The summed E-state index contributed by atoms with van der Waals surface area (Å²) >= 11 is 1.93. The molecule has 4 heterocycles. The second-order valence-electron chi connectivity index (χ2n) is 7.63. The van der Waals surface area contributed by atoms with Crippen LogP contribution in [0, 0.1) is 0 Å². The molecule has 4 atom stereocenters. The number of hydrogen-bond donors (Lipinski definition) is 3. The van der Waals surface area contributed by atoms with Crippen molar-refractivity contribution < 1.29 is 31.7 Å². The maximum atomic E-state index is 12.5. The second-order valence-corrected chi connectivity index (χ2v) is 9.71. The van der Waals surface area contributed by atoms with Crippen molar-refractivity contribution in [1.29, 1.82) is 0 Å². The number of hydrogen-bond acceptors (Lipinski definition) is 9. The van der Waals surface area contributed by atoms with Gasteiger partial charge in [-0.2, -0.15) is 13.5 Å². The Morgan fingerprint density at radius 2 is 2.17 bits per heavy atom. The number of amides is 3. The number of thioether (sulfide) groups is 1. The summed E-state index contributed by atoms with van der Waals surface area (Å²) in [5.74, 6) is 1.76. The third-order valence-electron chi connectivity index (χ3n) is 5.75. The molecule has 2 bridgehead atoms. The monoisotopic (exact) mass is 451 g/mol. The molecule has 0 aromatic heterocycles. The Bertz CT molecular complexity index is 747. The van der Waals surface area contributed by atoms with E-state index in [1.165, 1.54) is 4.90 Å². The van der Waals surface area contributed by atoms with Crippen molar-refractivity contribution in [2.45, 2.75) is 43.4 Å². The zero-order chi connectivity index (χ0) is 20.6. The second kappa shape index (κ2) is 8.53. The zero-order valence-electron chi connectivity index (χ0n) is 15.7. The van der Waals surface area contributed by atoms with Crippen molar-refractivity contribution >= 4 is 34.1 Å². The van der Waals surface area contributed by atoms with Gasteiger partial charge in [-0.05, 0) is 19.3 Å². The van der Waals surface area contributed by atoms with Gasteiger partial charge in [-0.15, -0.1) is 16.0 Å².